The average Bonchev–Trinajstić information content (AvgIpc) is 2.64. The highest BCUT2D eigenvalue weighted by atomic mass is 16.3. The zero-order chi connectivity index (χ0) is 18.1. The molecule has 0 saturated carbocycles. The molecule has 0 amide bonds. The summed E-state index contributed by atoms with van der Waals surface area (Å²) in [5.41, 5.74) is 3.97. The average molecular weight is 348 g/mol. The standard InChI is InChI=1S/C24H29NO/c1-18(2)20-11-13-21(14-12-20)24(26)15-22-9-6-10-23(16-24)25(22)17-19-7-4-3-5-8-19/h3-5,7-8,11-14,22-23,26H,1,6,9-10,15-17H2,2H3. The largest absolute Gasteiger partial charge is 0.385 e. The van der Waals surface area contributed by atoms with Crippen LogP contribution in [0.4, 0.5) is 0 Å². The first-order valence-electron chi connectivity index (χ1n) is 9.84. The fraction of sp³-hybridized carbons (Fsp3) is 0.417. The van der Waals surface area contributed by atoms with Crippen molar-refractivity contribution in [2.45, 2.75) is 63.3 Å². The van der Waals surface area contributed by atoms with E-state index in [0.717, 1.165) is 36.1 Å². The molecule has 2 aliphatic rings. The summed E-state index contributed by atoms with van der Waals surface area (Å²) in [5, 5.41) is 11.5. The zero-order valence-corrected chi connectivity index (χ0v) is 15.7. The van der Waals surface area contributed by atoms with Crippen molar-refractivity contribution < 1.29 is 5.11 Å². The number of allylic oxidation sites excluding steroid dienone is 1. The predicted molar refractivity (Wildman–Crippen MR) is 108 cm³/mol. The van der Waals surface area contributed by atoms with Crippen LogP contribution in [0.15, 0.2) is 61.2 Å². The summed E-state index contributed by atoms with van der Waals surface area (Å²) in [7, 11) is 0. The summed E-state index contributed by atoms with van der Waals surface area (Å²) in [6.45, 7) is 7.04. The van der Waals surface area contributed by atoms with Gasteiger partial charge in [-0.15, -0.1) is 0 Å². The van der Waals surface area contributed by atoms with E-state index in [2.05, 4.69) is 66.1 Å². The molecular formula is C24H29NO. The number of benzene rings is 2. The molecule has 2 aromatic rings. The molecule has 2 atom stereocenters. The van der Waals surface area contributed by atoms with Crippen molar-refractivity contribution in [2.24, 2.45) is 0 Å². The number of nitrogens with zero attached hydrogens (tertiary/aromatic N) is 1. The topological polar surface area (TPSA) is 23.5 Å². The van der Waals surface area contributed by atoms with Gasteiger partial charge in [0.25, 0.3) is 0 Å². The van der Waals surface area contributed by atoms with E-state index in [-0.39, 0.29) is 0 Å². The van der Waals surface area contributed by atoms with Crippen LogP contribution in [0.25, 0.3) is 5.57 Å². The number of piperidine rings is 2. The minimum Gasteiger partial charge on any atom is -0.385 e. The Morgan fingerprint density at radius 2 is 1.65 bits per heavy atom. The van der Waals surface area contributed by atoms with Crippen LogP contribution in [0.2, 0.25) is 0 Å². The third-order valence-corrected chi connectivity index (χ3v) is 6.28. The lowest BCUT2D eigenvalue weighted by atomic mass is 9.72. The van der Waals surface area contributed by atoms with Crippen LogP contribution in [0, 0.1) is 0 Å². The number of hydrogen-bond acceptors (Lipinski definition) is 2. The molecule has 2 heterocycles. The molecule has 2 saturated heterocycles. The molecular weight excluding hydrogens is 318 g/mol. The second kappa shape index (κ2) is 7.02. The number of hydrogen-bond donors (Lipinski definition) is 1. The van der Waals surface area contributed by atoms with Gasteiger partial charge >= 0.3 is 0 Å². The molecule has 2 aliphatic heterocycles. The van der Waals surface area contributed by atoms with Crippen molar-refractivity contribution in [3.63, 3.8) is 0 Å². The van der Waals surface area contributed by atoms with E-state index in [9.17, 15) is 5.11 Å². The van der Waals surface area contributed by atoms with E-state index in [1.165, 1.54) is 24.8 Å². The molecule has 2 aromatic carbocycles. The van der Waals surface area contributed by atoms with Crippen LogP contribution in [0.5, 0.6) is 0 Å². The maximum atomic E-state index is 11.5. The molecule has 2 bridgehead atoms. The Bertz CT molecular complexity index is 751. The summed E-state index contributed by atoms with van der Waals surface area (Å²) < 4.78 is 0. The molecule has 2 unspecified atom stereocenters. The van der Waals surface area contributed by atoms with Crippen LogP contribution in [-0.4, -0.2) is 22.1 Å². The lowest BCUT2D eigenvalue weighted by Crippen LogP contribution is -2.56. The van der Waals surface area contributed by atoms with Crippen molar-refractivity contribution in [2.75, 3.05) is 0 Å². The number of fused-ring (bicyclic) bond motifs is 2. The van der Waals surface area contributed by atoms with Crippen molar-refractivity contribution >= 4 is 5.57 Å². The molecule has 0 aliphatic carbocycles. The Hall–Kier alpha value is -1.90. The molecule has 1 N–H and O–H groups in total. The number of aliphatic hydroxyl groups is 1. The fourth-order valence-electron chi connectivity index (χ4n) is 4.87. The second-order valence-corrected chi connectivity index (χ2v) is 8.19. The van der Waals surface area contributed by atoms with Crippen molar-refractivity contribution in [3.05, 3.63) is 77.9 Å². The quantitative estimate of drug-likeness (QED) is 0.829. The lowest BCUT2D eigenvalue weighted by Gasteiger charge is -2.52. The van der Waals surface area contributed by atoms with Gasteiger partial charge in [-0.1, -0.05) is 73.2 Å². The summed E-state index contributed by atoms with van der Waals surface area (Å²) in [4.78, 5) is 2.65. The molecule has 26 heavy (non-hydrogen) atoms. The van der Waals surface area contributed by atoms with Gasteiger partial charge < -0.3 is 5.11 Å². The summed E-state index contributed by atoms with van der Waals surface area (Å²) in [6.07, 6.45) is 5.34. The van der Waals surface area contributed by atoms with Gasteiger partial charge in [-0.25, -0.2) is 0 Å². The van der Waals surface area contributed by atoms with Crippen LogP contribution in [-0.2, 0) is 12.1 Å². The van der Waals surface area contributed by atoms with Crippen LogP contribution in [0.1, 0.15) is 55.7 Å². The van der Waals surface area contributed by atoms with Crippen molar-refractivity contribution in [3.8, 4) is 0 Å². The minimum atomic E-state index is -0.698. The van der Waals surface area contributed by atoms with E-state index in [1.54, 1.807) is 0 Å². The Kier molecular flexibility index (Phi) is 4.73. The minimum absolute atomic E-state index is 0.466. The molecule has 4 rings (SSSR count). The summed E-state index contributed by atoms with van der Waals surface area (Å²) in [6, 6.07) is 20.1. The van der Waals surface area contributed by atoms with E-state index < -0.39 is 5.60 Å². The first-order chi connectivity index (χ1) is 12.5. The summed E-state index contributed by atoms with van der Waals surface area (Å²) in [5.74, 6) is 0. The number of rotatable bonds is 4. The first kappa shape index (κ1) is 17.5. The smallest absolute Gasteiger partial charge is 0.0926 e. The molecule has 2 nitrogen and oxygen atoms in total. The van der Waals surface area contributed by atoms with Crippen LogP contribution < -0.4 is 0 Å². The highest BCUT2D eigenvalue weighted by molar-refractivity contribution is 5.61. The Morgan fingerprint density at radius 1 is 1.04 bits per heavy atom. The molecule has 2 heteroatoms. The molecule has 136 valence electrons. The van der Waals surface area contributed by atoms with Gasteiger partial charge in [0.15, 0.2) is 0 Å². The van der Waals surface area contributed by atoms with E-state index in [4.69, 9.17) is 0 Å². The van der Waals surface area contributed by atoms with E-state index in [0.29, 0.717) is 12.1 Å². The second-order valence-electron chi connectivity index (χ2n) is 8.19. The van der Waals surface area contributed by atoms with Gasteiger partial charge in [-0.05, 0) is 49.3 Å². The normalized spacial score (nSPS) is 28.7. The molecule has 0 aromatic heterocycles. The van der Waals surface area contributed by atoms with Crippen LogP contribution in [0.3, 0.4) is 0 Å². The summed E-state index contributed by atoms with van der Waals surface area (Å²) >= 11 is 0. The van der Waals surface area contributed by atoms with E-state index in [1.807, 2.05) is 6.92 Å². The third-order valence-electron chi connectivity index (χ3n) is 6.28. The maximum Gasteiger partial charge on any atom is 0.0926 e. The van der Waals surface area contributed by atoms with E-state index >= 15 is 0 Å². The Balaban J connectivity index is 1.55. The first-order valence-corrected chi connectivity index (χ1v) is 9.84. The maximum absolute atomic E-state index is 11.5. The highest BCUT2D eigenvalue weighted by Gasteiger charge is 2.46. The van der Waals surface area contributed by atoms with Gasteiger partial charge in [-0.2, -0.15) is 0 Å². The van der Waals surface area contributed by atoms with Gasteiger partial charge in [0.05, 0.1) is 5.60 Å². The zero-order valence-electron chi connectivity index (χ0n) is 15.7. The highest BCUT2D eigenvalue weighted by Crippen LogP contribution is 2.45. The predicted octanol–water partition coefficient (Wildman–Crippen LogP) is 5.12. The molecule has 2 fully saturated rings. The van der Waals surface area contributed by atoms with Crippen molar-refractivity contribution in [1.29, 1.82) is 0 Å². The monoisotopic (exact) mass is 347 g/mol. The van der Waals surface area contributed by atoms with Crippen LogP contribution >= 0.6 is 0 Å². The van der Waals surface area contributed by atoms with Crippen molar-refractivity contribution in [1.82, 2.24) is 4.90 Å². The fourth-order valence-corrected chi connectivity index (χ4v) is 4.87. The molecule has 0 radical (unpaired) electrons. The Morgan fingerprint density at radius 3 is 2.23 bits per heavy atom. The van der Waals surface area contributed by atoms with Gasteiger partial charge in [0.2, 0.25) is 0 Å². The SMILES string of the molecule is C=C(C)c1ccc(C2(O)CC3CCCC(C2)N3Cc2ccccc2)cc1. The molecule has 0 spiro atoms. The lowest BCUT2D eigenvalue weighted by molar-refractivity contribution is -0.0999. The Labute approximate surface area is 157 Å². The van der Waals surface area contributed by atoms with Gasteiger partial charge in [-0.3, -0.25) is 4.90 Å². The van der Waals surface area contributed by atoms with Gasteiger partial charge in [0, 0.05) is 18.6 Å². The third kappa shape index (κ3) is 3.36. The van der Waals surface area contributed by atoms with Gasteiger partial charge in [0.1, 0.15) is 0 Å².